The van der Waals surface area contributed by atoms with Gasteiger partial charge in [-0.3, -0.25) is 0 Å². The first-order valence-corrected chi connectivity index (χ1v) is 4.57. The van der Waals surface area contributed by atoms with Crippen LogP contribution in [0, 0.1) is 11.6 Å². The van der Waals surface area contributed by atoms with E-state index < -0.39 is 17.9 Å². The molecule has 0 amide bonds. The summed E-state index contributed by atoms with van der Waals surface area (Å²) in [6, 6.07) is 3.14. The molecule has 1 aliphatic rings. The fourth-order valence-electron chi connectivity index (χ4n) is 1.25. The Morgan fingerprint density at radius 1 is 1.27 bits per heavy atom. The Balaban J connectivity index is 1.92. The van der Waals surface area contributed by atoms with Gasteiger partial charge in [-0.15, -0.1) is 0 Å². The number of rotatable bonds is 3. The fraction of sp³-hybridized carbons (Fsp3) is 0.400. The van der Waals surface area contributed by atoms with Crippen molar-refractivity contribution in [1.82, 2.24) is 0 Å². The van der Waals surface area contributed by atoms with Gasteiger partial charge < -0.3 is 14.2 Å². The highest BCUT2D eigenvalue weighted by Gasteiger charge is 2.17. The summed E-state index contributed by atoms with van der Waals surface area (Å²) in [5.41, 5.74) is 0. The molecule has 0 N–H and O–H groups in total. The van der Waals surface area contributed by atoms with E-state index in [1.807, 2.05) is 0 Å². The molecule has 0 bridgehead atoms. The van der Waals surface area contributed by atoms with Gasteiger partial charge in [-0.2, -0.15) is 0 Å². The Kier molecular flexibility index (Phi) is 3.13. The molecule has 3 nitrogen and oxygen atoms in total. The Morgan fingerprint density at radius 3 is 2.67 bits per heavy atom. The number of hydrogen-bond donors (Lipinski definition) is 0. The third-order valence-corrected chi connectivity index (χ3v) is 1.96. The van der Waals surface area contributed by atoms with Crippen LogP contribution < -0.4 is 4.74 Å². The van der Waals surface area contributed by atoms with Gasteiger partial charge in [0.25, 0.3) is 0 Å². The van der Waals surface area contributed by atoms with E-state index in [1.165, 1.54) is 6.07 Å². The van der Waals surface area contributed by atoms with Gasteiger partial charge in [-0.1, -0.05) is 0 Å². The Bertz CT molecular complexity index is 337. The van der Waals surface area contributed by atoms with E-state index >= 15 is 0 Å². The van der Waals surface area contributed by atoms with Crippen LogP contribution in [0.2, 0.25) is 0 Å². The van der Waals surface area contributed by atoms with Gasteiger partial charge in [-0.25, -0.2) is 8.78 Å². The summed E-state index contributed by atoms with van der Waals surface area (Å²) in [4.78, 5) is 0. The van der Waals surface area contributed by atoms with Crippen LogP contribution in [0.25, 0.3) is 0 Å². The van der Waals surface area contributed by atoms with Crippen LogP contribution in [-0.4, -0.2) is 26.1 Å². The van der Waals surface area contributed by atoms with Crippen LogP contribution in [0.1, 0.15) is 0 Å². The lowest BCUT2D eigenvalue weighted by molar-refractivity contribution is -0.0689. The first kappa shape index (κ1) is 10.3. The van der Waals surface area contributed by atoms with Crippen molar-refractivity contribution in [3.63, 3.8) is 0 Å². The molecule has 15 heavy (non-hydrogen) atoms. The van der Waals surface area contributed by atoms with Gasteiger partial charge in [0.05, 0.1) is 13.2 Å². The maximum absolute atomic E-state index is 13.1. The second-order valence-corrected chi connectivity index (χ2v) is 3.06. The van der Waals surface area contributed by atoms with E-state index in [0.717, 1.165) is 12.1 Å². The average molecular weight is 216 g/mol. The number of halogens is 2. The predicted molar refractivity (Wildman–Crippen MR) is 47.5 cm³/mol. The van der Waals surface area contributed by atoms with Crippen LogP contribution in [0.15, 0.2) is 18.2 Å². The molecule has 0 radical (unpaired) electrons. The third-order valence-electron chi connectivity index (χ3n) is 1.96. The van der Waals surface area contributed by atoms with Crippen LogP contribution in [0.4, 0.5) is 8.78 Å². The van der Waals surface area contributed by atoms with E-state index in [2.05, 4.69) is 0 Å². The van der Waals surface area contributed by atoms with Crippen molar-refractivity contribution in [2.75, 3.05) is 19.8 Å². The first-order chi connectivity index (χ1) is 7.25. The molecule has 82 valence electrons. The molecule has 1 saturated heterocycles. The zero-order valence-electron chi connectivity index (χ0n) is 7.91. The molecule has 1 aromatic carbocycles. The van der Waals surface area contributed by atoms with Gasteiger partial charge in [0.15, 0.2) is 17.9 Å². The lowest BCUT2D eigenvalue weighted by atomic mass is 10.3. The molecule has 5 heteroatoms. The Hall–Kier alpha value is -1.20. The predicted octanol–water partition coefficient (Wildman–Crippen LogP) is 1.72. The van der Waals surface area contributed by atoms with Crippen molar-refractivity contribution in [3.8, 4) is 5.75 Å². The summed E-state index contributed by atoms with van der Waals surface area (Å²) < 4.78 is 40.9. The number of hydrogen-bond acceptors (Lipinski definition) is 3. The van der Waals surface area contributed by atoms with Gasteiger partial charge in [-0.05, 0) is 12.1 Å². The largest absolute Gasteiger partial charge is 0.485 e. The molecule has 0 saturated carbocycles. The minimum atomic E-state index is -0.729. The Morgan fingerprint density at radius 2 is 2.00 bits per heavy atom. The van der Waals surface area contributed by atoms with Crippen LogP contribution >= 0.6 is 0 Å². The number of ether oxygens (including phenoxy) is 3. The second kappa shape index (κ2) is 4.55. The maximum atomic E-state index is 13.1. The minimum Gasteiger partial charge on any atom is -0.485 e. The lowest BCUT2D eigenvalue weighted by Crippen LogP contribution is -2.18. The molecular weight excluding hydrogens is 206 g/mol. The van der Waals surface area contributed by atoms with Crippen molar-refractivity contribution >= 4 is 0 Å². The minimum absolute atomic E-state index is 0.00417. The number of benzene rings is 1. The summed E-state index contributed by atoms with van der Waals surface area (Å²) in [6.45, 7) is 1.13. The van der Waals surface area contributed by atoms with Crippen molar-refractivity contribution in [1.29, 1.82) is 0 Å². The molecule has 2 rings (SSSR count). The molecule has 0 spiro atoms. The van der Waals surface area contributed by atoms with Gasteiger partial charge in [0.2, 0.25) is 0 Å². The third kappa shape index (κ3) is 2.64. The molecule has 1 heterocycles. The summed E-state index contributed by atoms with van der Waals surface area (Å²) in [6.07, 6.45) is -0.463. The van der Waals surface area contributed by atoms with Crippen molar-refractivity contribution in [2.45, 2.75) is 6.29 Å². The topological polar surface area (TPSA) is 27.7 Å². The molecule has 0 aliphatic carbocycles. The summed E-state index contributed by atoms with van der Waals surface area (Å²) in [5.74, 6) is -1.36. The molecule has 0 aromatic heterocycles. The highest BCUT2D eigenvalue weighted by molar-refractivity contribution is 5.24. The van der Waals surface area contributed by atoms with E-state index in [-0.39, 0.29) is 12.4 Å². The smallest absolute Gasteiger partial charge is 0.191 e. The molecule has 0 atom stereocenters. The van der Waals surface area contributed by atoms with E-state index in [0.29, 0.717) is 13.2 Å². The highest BCUT2D eigenvalue weighted by atomic mass is 19.1. The first-order valence-electron chi connectivity index (χ1n) is 4.57. The van der Waals surface area contributed by atoms with Crippen molar-refractivity contribution < 1.29 is 23.0 Å². The van der Waals surface area contributed by atoms with Gasteiger partial charge in [0.1, 0.15) is 12.4 Å². The monoisotopic (exact) mass is 216 g/mol. The second-order valence-electron chi connectivity index (χ2n) is 3.06. The molecule has 1 aromatic rings. The summed E-state index contributed by atoms with van der Waals surface area (Å²) in [5, 5.41) is 0. The molecule has 1 fully saturated rings. The van der Waals surface area contributed by atoms with Crippen molar-refractivity contribution in [3.05, 3.63) is 29.8 Å². The highest BCUT2D eigenvalue weighted by Crippen LogP contribution is 2.18. The summed E-state index contributed by atoms with van der Waals surface area (Å²) in [7, 11) is 0. The molecule has 0 unspecified atom stereocenters. The van der Waals surface area contributed by atoms with E-state index in [9.17, 15) is 8.78 Å². The zero-order valence-corrected chi connectivity index (χ0v) is 7.91. The summed E-state index contributed by atoms with van der Waals surface area (Å²) >= 11 is 0. The van der Waals surface area contributed by atoms with Crippen LogP contribution in [0.5, 0.6) is 5.75 Å². The normalized spacial score (nSPS) is 16.9. The quantitative estimate of drug-likeness (QED) is 0.769. The van der Waals surface area contributed by atoms with E-state index in [1.54, 1.807) is 0 Å². The van der Waals surface area contributed by atoms with Gasteiger partial charge in [0, 0.05) is 6.07 Å². The van der Waals surface area contributed by atoms with Crippen LogP contribution in [0.3, 0.4) is 0 Å². The molecule has 1 aliphatic heterocycles. The van der Waals surface area contributed by atoms with E-state index in [4.69, 9.17) is 14.2 Å². The lowest BCUT2D eigenvalue weighted by Gasteiger charge is -2.11. The average Bonchev–Trinajstić information content (AvgIpc) is 2.69. The van der Waals surface area contributed by atoms with Gasteiger partial charge >= 0.3 is 0 Å². The standard InChI is InChI=1S/C10H10F2O3/c11-7-1-2-9(8(12)5-7)15-6-10-13-3-4-14-10/h1-2,5,10H,3-4,6H2. The SMILES string of the molecule is Fc1ccc(OCC2OCCO2)c(F)c1. The zero-order chi connectivity index (χ0) is 10.7. The van der Waals surface area contributed by atoms with Crippen LogP contribution in [-0.2, 0) is 9.47 Å². The molecular formula is C10H10F2O3. The maximum Gasteiger partial charge on any atom is 0.191 e. The Labute approximate surface area is 85.6 Å². The fourth-order valence-corrected chi connectivity index (χ4v) is 1.25. The van der Waals surface area contributed by atoms with Crippen molar-refractivity contribution in [2.24, 2.45) is 0 Å².